The fourth-order valence-electron chi connectivity index (χ4n) is 6.72. The van der Waals surface area contributed by atoms with Crippen molar-refractivity contribution in [3.05, 3.63) is 53.5 Å². The summed E-state index contributed by atoms with van der Waals surface area (Å²) in [4.78, 5) is 15.5. The van der Waals surface area contributed by atoms with Gasteiger partial charge in [0.15, 0.2) is 5.82 Å². The third-order valence-corrected chi connectivity index (χ3v) is 9.67. The number of alkyl halides is 1. The number of pyridine rings is 1. The Bertz CT molecular complexity index is 1550. The lowest BCUT2D eigenvalue weighted by Gasteiger charge is -2.35. The van der Waals surface area contributed by atoms with Gasteiger partial charge in [0, 0.05) is 42.4 Å². The molecule has 5 aliphatic rings. The van der Waals surface area contributed by atoms with E-state index in [4.69, 9.17) is 9.47 Å². The molecule has 9 nitrogen and oxygen atoms in total. The fourth-order valence-corrected chi connectivity index (χ4v) is 6.72. The van der Waals surface area contributed by atoms with Crippen molar-refractivity contribution in [3.63, 3.8) is 0 Å². The Hall–Kier alpha value is -3.64. The first-order chi connectivity index (χ1) is 22.1. The molecule has 2 saturated heterocycles. The summed E-state index contributed by atoms with van der Waals surface area (Å²) in [5.41, 5.74) is -0.378. The number of hydrogen-bond donors (Lipinski definition) is 3. The van der Waals surface area contributed by atoms with Crippen molar-refractivity contribution in [3.8, 4) is 11.9 Å². The van der Waals surface area contributed by atoms with Crippen LogP contribution in [0.15, 0.2) is 42.0 Å². The molecule has 12 heteroatoms. The van der Waals surface area contributed by atoms with Gasteiger partial charge in [-0.2, -0.15) is 9.97 Å². The summed E-state index contributed by atoms with van der Waals surface area (Å²) in [5.74, 6) is -2.15. The van der Waals surface area contributed by atoms with E-state index in [1.807, 2.05) is 34.7 Å². The molecule has 2 aromatic heterocycles. The molecule has 5 heterocycles. The molecule has 7 rings (SSSR count). The van der Waals surface area contributed by atoms with Crippen LogP contribution in [0.1, 0.15) is 52.7 Å². The maximum atomic E-state index is 16.1. The van der Waals surface area contributed by atoms with E-state index in [0.29, 0.717) is 24.9 Å². The molecule has 0 saturated carbocycles. The molecular formula is C34H45F3N6O3. The fraction of sp³-hybridized carbons (Fsp3) is 0.559. The van der Waals surface area contributed by atoms with Crippen LogP contribution in [-0.2, 0) is 0 Å². The second-order valence-corrected chi connectivity index (χ2v) is 12.4. The number of likely N-dealkylation sites (N-methyl/N-ethyl adjacent to an activating group) is 1. The zero-order valence-electron chi connectivity index (χ0n) is 27.4. The van der Waals surface area contributed by atoms with E-state index >= 15 is 4.39 Å². The molecule has 46 heavy (non-hydrogen) atoms. The summed E-state index contributed by atoms with van der Waals surface area (Å²) < 4.78 is 55.1. The van der Waals surface area contributed by atoms with Gasteiger partial charge in [-0.3, -0.25) is 4.90 Å². The number of rotatable bonds is 3. The predicted octanol–water partition coefficient (Wildman–Crippen LogP) is 6.30. The number of aliphatic hydroxyl groups is 1. The van der Waals surface area contributed by atoms with Crippen molar-refractivity contribution in [1.29, 1.82) is 0 Å². The van der Waals surface area contributed by atoms with Gasteiger partial charge >= 0.3 is 6.01 Å². The number of halogens is 3. The number of aliphatic hydroxyl groups excluding tert-OH is 1. The van der Waals surface area contributed by atoms with Gasteiger partial charge in [-0.1, -0.05) is 32.9 Å². The monoisotopic (exact) mass is 642 g/mol. The minimum Gasteiger partial charge on any atom is -0.508 e. The van der Waals surface area contributed by atoms with Crippen LogP contribution >= 0.6 is 0 Å². The quantitative estimate of drug-likeness (QED) is 0.356. The first-order valence-electron chi connectivity index (χ1n) is 16.2. The third-order valence-electron chi connectivity index (χ3n) is 9.67. The molecule has 5 unspecified atom stereocenters. The largest absolute Gasteiger partial charge is 0.508 e. The number of anilines is 1. The number of hydrogen-bond acceptors (Lipinski definition) is 9. The molecule has 3 aliphatic heterocycles. The van der Waals surface area contributed by atoms with E-state index in [-0.39, 0.29) is 57.9 Å². The lowest BCUT2D eigenvalue weighted by Crippen LogP contribution is -2.52. The van der Waals surface area contributed by atoms with Crippen molar-refractivity contribution in [1.82, 2.24) is 25.2 Å². The third kappa shape index (κ3) is 6.46. The summed E-state index contributed by atoms with van der Waals surface area (Å²) in [6.07, 6.45) is 10.3. The molecule has 250 valence electrons. The first-order valence-corrected chi connectivity index (χ1v) is 16.2. The zero-order valence-corrected chi connectivity index (χ0v) is 27.4. The second kappa shape index (κ2) is 14.0. The minimum absolute atomic E-state index is 0.0311. The highest BCUT2D eigenvalue weighted by Gasteiger charge is 2.38. The van der Waals surface area contributed by atoms with Crippen LogP contribution in [0.4, 0.5) is 19.0 Å². The summed E-state index contributed by atoms with van der Waals surface area (Å²) in [6.45, 7) is 10.7. The van der Waals surface area contributed by atoms with E-state index in [1.54, 1.807) is 12.2 Å². The summed E-state index contributed by atoms with van der Waals surface area (Å²) in [6, 6.07) is 0.574. The van der Waals surface area contributed by atoms with Crippen molar-refractivity contribution < 1.29 is 27.8 Å². The topological polar surface area (TPSA) is 105 Å². The molecule has 2 fully saturated rings. The van der Waals surface area contributed by atoms with Crippen molar-refractivity contribution >= 4 is 22.3 Å². The highest BCUT2D eigenvalue weighted by atomic mass is 19.1. The smallest absolute Gasteiger partial charge is 0.318 e. The van der Waals surface area contributed by atoms with Crippen LogP contribution in [0.25, 0.3) is 16.5 Å². The molecule has 0 radical (unpaired) electrons. The molecule has 0 amide bonds. The van der Waals surface area contributed by atoms with Crippen molar-refractivity contribution in [2.45, 2.75) is 64.7 Å². The van der Waals surface area contributed by atoms with E-state index in [0.717, 1.165) is 13.0 Å². The molecule has 2 aromatic rings. The minimum atomic E-state index is -0.827. The van der Waals surface area contributed by atoms with Crippen LogP contribution in [0.5, 0.6) is 11.9 Å². The molecule has 0 aromatic carbocycles. The Labute approximate surface area is 268 Å². The van der Waals surface area contributed by atoms with Crippen molar-refractivity contribution in [2.24, 2.45) is 17.8 Å². The van der Waals surface area contributed by atoms with E-state index in [9.17, 15) is 13.9 Å². The number of nitrogens with one attached hydrogen (secondary N) is 2. The highest BCUT2D eigenvalue weighted by Crippen LogP contribution is 2.45. The van der Waals surface area contributed by atoms with Crippen LogP contribution in [-0.4, -0.2) is 83.1 Å². The molecule has 6 atom stereocenters. The number of ether oxygens (including phenoxy) is 2. The Morgan fingerprint density at radius 2 is 2.00 bits per heavy atom. The van der Waals surface area contributed by atoms with Crippen LogP contribution in [0, 0.1) is 23.6 Å². The van der Waals surface area contributed by atoms with E-state index in [2.05, 4.69) is 30.5 Å². The average molecular weight is 643 g/mol. The van der Waals surface area contributed by atoms with Gasteiger partial charge in [0.05, 0.1) is 13.7 Å². The first kappa shape index (κ1) is 33.7. The van der Waals surface area contributed by atoms with Gasteiger partial charge < -0.3 is 25.2 Å². The number of nitrogens with zero attached hydrogens (tertiary/aromatic N) is 4. The van der Waals surface area contributed by atoms with Crippen LogP contribution in [0.3, 0.4) is 0 Å². The number of allylic oxidation sites excluding steroid dienone is 7. The molecule has 0 spiro atoms. The predicted molar refractivity (Wildman–Crippen MR) is 174 cm³/mol. The van der Waals surface area contributed by atoms with Gasteiger partial charge in [0.2, 0.25) is 5.88 Å². The van der Waals surface area contributed by atoms with Gasteiger partial charge in [-0.05, 0) is 63.6 Å². The SMILES string of the molecule is CC.CNC1(C)CNc2nc(OC)nc3c(F)c(C4=CC(O)=CC5C=CC=C(F)C45)nc(c23)OC[C@@H]1C.FC1CC2CCCN2C1. The standard InChI is InChI=1S/C25H27F2N5O3.C7H12FN.C2H6/c1-12-10-35-23-18-21(31-24(34-4)32-22(18)29-11-25(12,2)28-3)19(27)20(30-23)15-9-14(33)8-13-6-5-7-16(26)17(13)15;8-6-4-7-2-1-3-9(7)5-6;1-2/h5-9,12-13,17,28,33H,10-11H2,1-4H3,(H,29,31,32);6-7H,1-5H2;1-2H3/t12-,13?,17?,25?;;/m0../s1. The molecule has 2 aliphatic carbocycles. The Balaban J connectivity index is 0.000000320. The van der Waals surface area contributed by atoms with Crippen molar-refractivity contribution in [2.75, 3.05) is 45.7 Å². The molecular weight excluding hydrogens is 597 g/mol. The summed E-state index contributed by atoms with van der Waals surface area (Å²) >= 11 is 0. The van der Waals surface area contributed by atoms with E-state index < -0.39 is 29.7 Å². The zero-order chi connectivity index (χ0) is 33.2. The van der Waals surface area contributed by atoms with Gasteiger partial charge in [0.1, 0.15) is 40.2 Å². The van der Waals surface area contributed by atoms with Gasteiger partial charge in [-0.15, -0.1) is 0 Å². The highest BCUT2D eigenvalue weighted by molar-refractivity contribution is 5.96. The summed E-state index contributed by atoms with van der Waals surface area (Å²) in [5, 5.41) is 17.2. The second-order valence-electron chi connectivity index (χ2n) is 12.4. The lowest BCUT2D eigenvalue weighted by atomic mass is 9.77. The average Bonchev–Trinajstić information content (AvgIpc) is 3.65. The van der Waals surface area contributed by atoms with Crippen LogP contribution < -0.4 is 20.1 Å². The Morgan fingerprint density at radius 3 is 2.72 bits per heavy atom. The lowest BCUT2D eigenvalue weighted by molar-refractivity contribution is 0.174. The summed E-state index contributed by atoms with van der Waals surface area (Å²) in [7, 11) is 3.26. The molecule has 0 bridgehead atoms. The maximum absolute atomic E-state index is 16.1. The Kier molecular flexibility index (Phi) is 10.3. The number of fused-ring (bicyclic) bond motifs is 2. The normalized spacial score (nSPS) is 29.8. The Morgan fingerprint density at radius 1 is 1.22 bits per heavy atom. The van der Waals surface area contributed by atoms with Gasteiger partial charge in [0.25, 0.3) is 0 Å². The maximum Gasteiger partial charge on any atom is 0.318 e. The molecule has 3 N–H and O–H groups in total. The number of aromatic nitrogens is 3. The van der Waals surface area contributed by atoms with E-state index in [1.165, 1.54) is 38.2 Å². The van der Waals surface area contributed by atoms with Gasteiger partial charge in [-0.25, -0.2) is 18.2 Å². The number of methoxy groups -OCH3 is 1. The van der Waals surface area contributed by atoms with Crippen LogP contribution in [0.2, 0.25) is 0 Å².